The molecule has 0 radical (unpaired) electrons. The first-order valence-corrected chi connectivity index (χ1v) is 12.0. The molecule has 3 unspecified atom stereocenters. The van der Waals surface area contributed by atoms with Crippen molar-refractivity contribution in [2.45, 2.75) is 52.3 Å². The van der Waals surface area contributed by atoms with Gasteiger partial charge in [0.2, 0.25) is 11.8 Å². The van der Waals surface area contributed by atoms with Gasteiger partial charge in [-0.25, -0.2) is 9.97 Å². The summed E-state index contributed by atoms with van der Waals surface area (Å²) in [5.74, 6) is 0.697. The van der Waals surface area contributed by atoms with Crippen LogP contribution in [-0.2, 0) is 12.6 Å². The average Bonchev–Trinajstić information content (AvgIpc) is 3.25. The molecule has 3 atom stereocenters. The number of aryl methyl sites for hydroxylation is 1. The van der Waals surface area contributed by atoms with Crippen LogP contribution < -0.4 is 19.3 Å². The van der Waals surface area contributed by atoms with Gasteiger partial charge in [0.05, 0.1) is 19.0 Å². The SMILES string of the molecule is CCc1cnc(OC)cc1N1CCC(Oc2ncc(N3CCC(C)C3)cc2C(F)(F)F)C(C)C1. The van der Waals surface area contributed by atoms with E-state index in [0.717, 1.165) is 37.2 Å². The highest BCUT2D eigenvalue weighted by atomic mass is 19.4. The van der Waals surface area contributed by atoms with Gasteiger partial charge < -0.3 is 19.3 Å². The molecule has 2 aromatic heterocycles. The Labute approximate surface area is 199 Å². The summed E-state index contributed by atoms with van der Waals surface area (Å²) in [5.41, 5.74) is 1.87. The lowest BCUT2D eigenvalue weighted by molar-refractivity contribution is -0.139. The molecule has 2 fully saturated rings. The third-order valence-corrected chi connectivity index (χ3v) is 6.89. The Morgan fingerprint density at radius 1 is 1.03 bits per heavy atom. The molecular weight excluding hydrogens is 445 g/mol. The lowest BCUT2D eigenvalue weighted by Gasteiger charge is -2.39. The first-order chi connectivity index (χ1) is 16.2. The summed E-state index contributed by atoms with van der Waals surface area (Å²) < 4.78 is 53.0. The highest BCUT2D eigenvalue weighted by Crippen LogP contribution is 2.39. The number of ether oxygens (including phenoxy) is 2. The average molecular weight is 479 g/mol. The second-order valence-electron chi connectivity index (χ2n) is 9.46. The van der Waals surface area contributed by atoms with Crippen LogP contribution in [0.15, 0.2) is 24.5 Å². The molecule has 0 amide bonds. The minimum absolute atomic E-state index is 0.0135. The van der Waals surface area contributed by atoms with E-state index in [0.29, 0.717) is 37.0 Å². The van der Waals surface area contributed by atoms with E-state index in [2.05, 4.69) is 28.7 Å². The largest absolute Gasteiger partial charge is 0.481 e. The van der Waals surface area contributed by atoms with Crippen LogP contribution >= 0.6 is 0 Å². The highest BCUT2D eigenvalue weighted by molar-refractivity contribution is 5.55. The molecule has 2 aliphatic heterocycles. The minimum atomic E-state index is -4.53. The van der Waals surface area contributed by atoms with Crippen molar-refractivity contribution in [1.29, 1.82) is 0 Å². The zero-order valence-electron chi connectivity index (χ0n) is 20.2. The molecule has 6 nitrogen and oxygen atoms in total. The molecule has 0 spiro atoms. The van der Waals surface area contributed by atoms with Gasteiger partial charge >= 0.3 is 6.18 Å². The van der Waals surface area contributed by atoms with Crippen molar-refractivity contribution in [3.63, 3.8) is 0 Å². The molecule has 0 aliphatic carbocycles. The Balaban J connectivity index is 1.51. The Bertz CT molecular complexity index is 1000. The van der Waals surface area contributed by atoms with Crippen molar-refractivity contribution >= 4 is 11.4 Å². The normalized spacial score (nSPS) is 23.3. The smallest absolute Gasteiger partial charge is 0.421 e. The number of pyridine rings is 2. The molecule has 34 heavy (non-hydrogen) atoms. The molecule has 0 N–H and O–H groups in total. The fraction of sp³-hybridized carbons (Fsp3) is 0.600. The van der Waals surface area contributed by atoms with Crippen molar-refractivity contribution in [3.05, 3.63) is 35.7 Å². The van der Waals surface area contributed by atoms with Crippen LogP contribution in [-0.4, -0.2) is 49.4 Å². The highest BCUT2D eigenvalue weighted by Gasteiger charge is 2.38. The lowest BCUT2D eigenvalue weighted by atomic mass is 9.95. The van der Waals surface area contributed by atoms with Gasteiger partial charge in [-0.3, -0.25) is 0 Å². The summed E-state index contributed by atoms with van der Waals surface area (Å²) in [4.78, 5) is 12.6. The van der Waals surface area contributed by atoms with Crippen LogP contribution in [0.25, 0.3) is 0 Å². The zero-order chi connectivity index (χ0) is 24.5. The molecule has 9 heteroatoms. The Morgan fingerprint density at radius 3 is 2.41 bits per heavy atom. The predicted octanol–water partition coefficient (Wildman–Crippen LogP) is 5.21. The number of methoxy groups -OCH3 is 1. The molecule has 2 aromatic rings. The number of piperidine rings is 1. The van der Waals surface area contributed by atoms with Crippen molar-refractivity contribution in [2.75, 3.05) is 43.1 Å². The van der Waals surface area contributed by atoms with E-state index in [1.165, 1.54) is 12.3 Å². The number of nitrogens with zero attached hydrogens (tertiary/aromatic N) is 4. The van der Waals surface area contributed by atoms with E-state index in [9.17, 15) is 13.2 Å². The maximum absolute atomic E-state index is 13.9. The van der Waals surface area contributed by atoms with Crippen LogP contribution in [0.4, 0.5) is 24.5 Å². The van der Waals surface area contributed by atoms with E-state index < -0.39 is 11.7 Å². The fourth-order valence-electron chi connectivity index (χ4n) is 4.88. The first-order valence-electron chi connectivity index (χ1n) is 12.0. The Kier molecular flexibility index (Phi) is 7.09. The van der Waals surface area contributed by atoms with Crippen LogP contribution in [0.3, 0.4) is 0 Å². The second-order valence-corrected chi connectivity index (χ2v) is 9.46. The maximum atomic E-state index is 13.9. The van der Waals surface area contributed by atoms with Crippen molar-refractivity contribution in [2.24, 2.45) is 11.8 Å². The van der Waals surface area contributed by atoms with Gasteiger partial charge in [-0.1, -0.05) is 20.8 Å². The fourth-order valence-corrected chi connectivity index (χ4v) is 4.88. The van der Waals surface area contributed by atoms with Gasteiger partial charge in [0.25, 0.3) is 0 Å². The van der Waals surface area contributed by atoms with E-state index in [1.807, 2.05) is 24.1 Å². The third-order valence-electron chi connectivity index (χ3n) is 6.89. The standard InChI is InChI=1S/C25H33F3N4O2/c1-5-18-12-29-23(33-4)11-21(18)32-9-7-22(17(3)15-32)34-24-20(25(26,27)28)10-19(13-30-24)31-8-6-16(2)14-31/h10-13,16-17,22H,5-9,14-15H2,1-4H3. The van der Waals surface area contributed by atoms with E-state index in [4.69, 9.17) is 9.47 Å². The molecule has 0 bridgehead atoms. The number of alkyl halides is 3. The quantitative estimate of drug-likeness (QED) is 0.569. The number of aromatic nitrogens is 2. The van der Waals surface area contributed by atoms with Gasteiger partial charge in [-0.15, -0.1) is 0 Å². The topological polar surface area (TPSA) is 50.7 Å². The summed E-state index contributed by atoms with van der Waals surface area (Å²) >= 11 is 0. The molecule has 186 valence electrons. The molecule has 2 aliphatic rings. The van der Waals surface area contributed by atoms with Crippen LogP contribution in [0.5, 0.6) is 11.8 Å². The van der Waals surface area contributed by atoms with Gasteiger partial charge in [0.15, 0.2) is 0 Å². The maximum Gasteiger partial charge on any atom is 0.421 e. The summed E-state index contributed by atoms with van der Waals surface area (Å²) in [6, 6.07) is 3.12. The lowest BCUT2D eigenvalue weighted by Crippen LogP contribution is -2.45. The van der Waals surface area contributed by atoms with Gasteiger partial charge in [0.1, 0.15) is 11.7 Å². The number of rotatable bonds is 6. The van der Waals surface area contributed by atoms with Crippen molar-refractivity contribution in [3.8, 4) is 11.8 Å². The van der Waals surface area contributed by atoms with E-state index >= 15 is 0 Å². The molecule has 2 saturated heterocycles. The third kappa shape index (κ3) is 5.18. The van der Waals surface area contributed by atoms with E-state index in [-0.39, 0.29) is 17.9 Å². The summed E-state index contributed by atoms with van der Waals surface area (Å²) in [5, 5.41) is 0. The van der Waals surface area contributed by atoms with Gasteiger partial charge in [-0.2, -0.15) is 13.2 Å². The first kappa shape index (κ1) is 24.4. The molecular formula is C25H33F3N4O2. The van der Waals surface area contributed by atoms with Crippen molar-refractivity contribution < 1.29 is 22.6 Å². The van der Waals surface area contributed by atoms with E-state index in [1.54, 1.807) is 7.11 Å². The number of hydrogen-bond donors (Lipinski definition) is 0. The predicted molar refractivity (Wildman–Crippen MR) is 126 cm³/mol. The monoisotopic (exact) mass is 478 g/mol. The van der Waals surface area contributed by atoms with Crippen molar-refractivity contribution in [1.82, 2.24) is 9.97 Å². The number of hydrogen-bond acceptors (Lipinski definition) is 6. The zero-order valence-corrected chi connectivity index (χ0v) is 20.2. The molecule has 0 aromatic carbocycles. The summed E-state index contributed by atoms with van der Waals surface area (Å²) in [7, 11) is 1.58. The summed E-state index contributed by atoms with van der Waals surface area (Å²) in [6.07, 6.45) is 0.854. The second kappa shape index (κ2) is 9.88. The van der Waals surface area contributed by atoms with Crippen LogP contribution in [0.1, 0.15) is 44.7 Å². The molecule has 4 heterocycles. The van der Waals surface area contributed by atoms with Gasteiger partial charge in [-0.05, 0) is 30.4 Å². The number of halogens is 3. The molecule has 4 rings (SSSR count). The minimum Gasteiger partial charge on any atom is -0.481 e. The van der Waals surface area contributed by atoms with Crippen LogP contribution in [0, 0.1) is 11.8 Å². The van der Waals surface area contributed by atoms with Crippen LogP contribution in [0.2, 0.25) is 0 Å². The Hall–Kier alpha value is -2.71. The molecule has 0 saturated carbocycles. The van der Waals surface area contributed by atoms with Gasteiger partial charge in [0, 0.05) is 56.5 Å². The number of anilines is 2. The Morgan fingerprint density at radius 2 is 1.79 bits per heavy atom. The summed E-state index contributed by atoms with van der Waals surface area (Å²) in [6.45, 7) is 9.01.